The summed E-state index contributed by atoms with van der Waals surface area (Å²) in [6.07, 6.45) is 12.7. The van der Waals surface area contributed by atoms with Crippen LogP contribution in [0.5, 0.6) is 0 Å². The molecule has 2 heteroatoms. The molecule has 2 nitrogen and oxygen atoms in total. The van der Waals surface area contributed by atoms with Gasteiger partial charge in [0.05, 0.1) is 12.7 Å². The van der Waals surface area contributed by atoms with E-state index in [1.807, 2.05) is 0 Å². The molecule has 6 unspecified atom stereocenters. The van der Waals surface area contributed by atoms with Crippen molar-refractivity contribution in [1.82, 2.24) is 0 Å². The normalized spacial score (nSPS) is 55.6. The van der Waals surface area contributed by atoms with Crippen molar-refractivity contribution in [3.05, 3.63) is 12.2 Å². The van der Waals surface area contributed by atoms with Crippen molar-refractivity contribution < 1.29 is 10.2 Å². The third-order valence-corrected chi connectivity index (χ3v) is 8.49. The second kappa shape index (κ2) is 4.39. The summed E-state index contributed by atoms with van der Waals surface area (Å²) in [5.41, 5.74) is 0.704. The van der Waals surface area contributed by atoms with Gasteiger partial charge in [0.15, 0.2) is 0 Å². The van der Waals surface area contributed by atoms with Gasteiger partial charge in [0.1, 0.15) is 0 Å². The minimum Gasteiger partial charge on any atom is -0.395 e. The molecule has 6 atom stereocenters. The standard InChI is InChI=1S/C20H32O2/c1-17(2)6-4-7-18(3)14(17)5-8-19-9-10-20(12-19,13-21)16(22)11-15(18)19/h9-10,14-16,21-22H,4-8,11-13H2,1-3H3. The molecular formula is C20H32O2. The Morgan fingerprint density at radius 1 is 1.05 bits per heavy atom. The van der Waals surface area contributed by atoms with Crippen LogP contribution in [-0.4, -0.2) is 22.9 Å². The van der Waals surface area contributed by atoms with E-state index in [9.17, 15) is 10.2 Å². The van der Waals surface area contributed by atoms with E-state index in [2.05, 4.69) is 32.9 Å². The highest BCUT2D eigenvalue weighted by Crippen LogP contribution is 2.71. The third-order valence-electron chi connectivity index (χ3n) is 8.49. The van der Waals surface area contributed by atoms with Crippen molar-refractivity contribution in [3.63, 3.8) is 0 Å². The first-order chi connectivity index (χ1) is 10.3. The fourth-order valence-electron chi connectivity index (χ4n) is 7.43. The monoisotopic (exact) mass is 304 g/mol. The molecule has 0 aliphatic heterocycles. The molecule has 2 N–H and O–H groups in total. The summed E-state index contributed by atoms with van der Waals surface area (Å²) < 4.78 is 0. The molecule has 2 bridgehead atoms. The van der Waals surface area contributed by atoms with Gasteiger partial charge in [0, 0.05) is 5.41 Å². The first-order valence-electron chi connectivity index (χ1n) is 9.27. The number of fused-ring (bicyclic) bond motifs is 3. The summed E-state index contributed by atoms with van der Waals surface area (Å²) in [5.74, 6) is 1.37. The van der Waals surface area contributed by atoms with Crippen LogP contribution in [0.1, 0.15) is 65.7 Å². The molecule has 22 heavy (non-hydrogen) atoms. The first kappa shape index (κ1) is 15.2. The van der Waals surface area contributed by atoms with Crippen LogP contribution in [0.3, 0.4) is 0 Å². The van der Waals surface area contributed by atoms with Gasteiger partial charge in [-0.15, -0.1) is 0 Å². The first-order valence-corrected chi connectivity index (χ1v) is 9.27. The van der Waals surface area contributed by atoms with E-state index in [4.69, 9.17) is 0 Å². The molecule has 0 radical (unpaired) electrons. The maximum Gasteiger partial charge on any atom is 0.0656 e. The lowest BCUT2D eigenvalue weighted by Crippen LogP contribution is -2.59. The zero-order valence-corrected chi connectivity index (χ0v) is 14.4. The Morgan fingerprint density at radius 3 is 2.55 bits per heavy atom. The van der Waals surface area contributed by atoms with Gasteiger partial charge in [-0.2, -0.15) is 0 Å². The van der Waals surface area contributed by atoms with Gasteiger partial charge in [-0.1, -0.05) is 39.3 Å². The molecule has 0 saturated heterocycles. The third kappa shape index (κ3) is 1.69. The molecule has 0 aromatic carbocycles. The van der Waals surface area contributed by atoms with E-state index in [-0.39, 0.29) is 23.5 Å². The van der Waals surface area contributed by atoms with Crippen molar-refractivity contribution in [2.75, 3.05) is 6.61 Å². The fourth-order valence-corrected chi connectivity index (χ4v) is 7.43. The van der Waals surface area contributed by atoms with Crippen LogP contribution in [0.4, 0.5) is 0 Å². The van der Waals surface area contributed by atoms with Gasteiger partial charge < -0.3 is 10.2 Å². The van der Waals surface area contributed by atoms with Crippen LogP contribution in [0.25, 0.3) is 0 Å². The predicted octanol–water partition coefficient (Wildman–Crippen LogP) is 3.92. The minimum atomic E-state index is -0.366. The van der Waals surface area contributed by atoms with Crippen LogP contribution >= 0.6 is 0 Å². The van der Waals surface area contributed by atoms with Gasteiger partial charge in [-0.3, -0.25) is 0 Å². The van der Waals surface area contributed by atoms with E-state index in [1.54, 1.807) is 0 Å². The summed E-state index contributed by atoms with van der Waals surface area (Å²) in [4.78, 5) is 0. The molecule has 0 aromatic heterocycles. The van der Waals surface area contributed by atoms with Gasteiger partial charge in [-0.25, -0.2) is 0 Å². The van der Waals surface area contributed by atoms with Crippen LogP contribution in [0.2, 0.25) is 0 Å². The molecule has 1 spiro atoms. The van der Waals surface area contributed by atoms with Gasteiger partial charge in [-0.05, 0) is 66.6 Å². The number of aliphatic hydroxyl groups is 2. The van der Waals surface area contributed by atoms with E-state index >= 15 is 0 Å². The second-order valence-electron chi connectivity index (χ2n) is 9.88. The second-order valence-corrected chi connectivity index (χ2v) is 9.88. The fraction of sp³-hybridized carbons (Fsp3) is 0.900. The highest BCUT2D eigenvalue weighted by Gasteiger charge is 2.65. The average molecular weight is 304 g/mol. The average Bonchev–Trinajstić information content (AvgIpc) is 2.78. The van der Waals surface area contributed by atoms with E-state index in [1.165, 1.54) is 32.1 Å². The van der Waals surface area contributed by atoms with Crippen LogP contribution in [0, 0.1) is 33.5 Å². The molecule has 0 heterocycles. The minimum absolute atomic E-state index is 0.102. The molecular weight excluding hydrogens is 272 g/mol. The van der Waals surface area contributed by atoms with Crippen LogP contribution in [0.15, 0.2) is 12.2 Å². The molecule has 0 amide bonds. The number of hydrogen-bond donors (Lipinski definition) is 2. The largest absolute Gasteiger partial charge is 0.395 e. The lowest BCUT2D eigenvalue weighted by atomic mass is 9.40. The predicted molar refractivity (Wildman–Crippen MR) is 88.3 cm³/mol. The number of hydrogen-bond acceptors (Lipinski definition) is 2. The number of allylic oxidation sites excluding steroid dienone is 1. The topological polar surface area (TPSA) is 40.5 Å². The highest BCUT2D eigenvalue weighted by atomic mass is 16.3. The van der Waals surface area contributed by atoms with E-state index in [0.29, 0.717) is 16.7 Å². The Kier molecular flexibility index (Phi) is 3.03. The summed E-state index contributed by atoms with van der Waals surface area (Å²) >= 11 is 0. The van der Waals surface area contributed by atoms with Crippen molar-refractivity contribution in [2.45, 2.75) is 71.8 Å². The quantitative estimate of drug-likeness (QED) is 0.721. The molecule has 4 aliphatic carbocycles. The maximum absolute atomic E-state index is 10.8. The lowest BCUT2D eigenvalue weighted by molar-refractivity contribution is -0.171. The molecule has 4 aliphatic rings. The highest BCUT2D eigenvalue weighted by molar-refractivity contribution is 5.28. The number of aliphatic hydroxyl groups excluding tert-OH is 2. The van der Waals surface area contributed by atoms with Gasteiger partial charge in [0.25, 0.3) is 0 Å². The molecule has 124 valence electrons. The van der Waals surface area contributed by atoms with Crippen LogP contribution in [-0.2, 0) is 0 Å². The molecule has 3 fully saturated rings. The molecule has 0 aromatic rings. The van der Waals surface area contributed by atoms with Crippen LogP contribution < -0.4 is 0 Å². The van der Waals surface area contributed by atoms with Crippen molar-refractivity contribution in [3.8, 4) is 0 Å². The molecule has 3 saturated carbocycles. The van der Waals surface area contributed by atoms with E-state index in [0.717, 1.165) is 18.8 Å². The Bertz CT molecular complexity index is 510. The van der Waals surface area contributed by atoms with Gasteiger partial charge >= 0.3 is 0 Å². The Morgan fingerprint density at radius 2 is 1.82 bits per heavy atom. The van der Waals surface area contributed by atoms with Crippen molar-refractivity contribution in [1.29, 1.82) is 0 Å². The Labute approximate surface area is 135 Å². The summed E-state index contributed by atoms with van der Waals surface area (Å²) in [5, 5.41) is 20.7. The summed E-state index contributed by atoms with van der Waals surface area (Å²) in [6, 6.07) is 0. The van der Waals surface area contributed by atoms with Crippen molar-refractivity contribution >= 4 is 0 Å². The lowest BCUT2D eigenvalue weighted by Gasteiger charge is -2.65. The number of rotatable bonds is 1. The Hall–Kier alpha value is -0.340. The summed E-state index contributed by atoms with van der Waals surface area (Å²) in [7, 11) is 0. The van der Waals surface area contributed by atoms with Gasteiger partial charge in [0.2, 0.25) is 0 Å². The molecule has 4 rings (SSSR count). The smallest absolute Gasteiger partial charge is 0.0656 e. The maximum atomic E-state index is 10.8. The summed E-state index contributed by atoms with van der Waals surface area (Å²) in [6.45, 7) is 7.56. The Balaban J connectivity index is 1.75. The zero-order valence-electron chi connectivity index (χ0n) is 14.4. The zero-order chi connectivity index (χ0) is 15.8. The van der Waals surface area contributed by atoms with Crippen molar-refractivity contribution in [2.24, 2.45) is 33.5 Å². The SMILES string of the molecule is CC1(C)CCCC2(C)C1CCC13C=CC(CO)(C1)C(O)CC32. The van der Waals surface area contributed by atoms with E-state index < -0.39 is 0 Å².